The van der Waals surface area contributed by atoms with Gasteiger partial charge in [-0.15, -0.1) is 0 Å². The molecule has 0 aliphatic heterocycles. The molecular formula is C10H10F2O3. The van der Waals surface area contributed by atoms with Gasteiger partial charge in [0.15, 0.2) is 17.7 Å². The summed E-state index contributed by atoms with van der Waals surface area (Å²) in [5.41, 5.74) is -0.321. The number of ether oxygens (including phenoxy) is 1. The monoisotopic (exact) mass is 216 g/mol. The van der Waals surface area contributed by atoms with Crippen molar-refractivity contribution in [2.24, 2.45) is 0 Å². The minimum Gasteiger partial charge on any atom is -0.467 e. The van der Waals surface area contributed by atoms with Gasteiger partial charge in [-0.1, -0.05) is 12.1 Å². The molecule has 1 aromatic rings. The highest BCUT2D eigenvalue weighted by molar-refractivity contribution is 5.76. The third-order valence-corrected chi connectivity index (χ3v) is 2.02. The molecule has 3 nitrogen and oxygen atoms in total. The zero-order valence-electron chi connectivity index (χ0n) is 8.25. The topological polar surface area (TPSA) is 46.5 Å². The molecule has 1 atom stereocenters. The number of carbonyl (C=O) groups excluding carboxylic acids is 1. The Morgan fingerprint density at radius 3 is 2.53 bits per heavy atom. The Kier molecular flexibility index (Phi) is 3.36. The van der Waals surface area contributed by atoms with E-state index in [2.05, 4.69) is 4.74 Å². The number of hydrogen-bond acceptors (Lipinski definition) is 3. The molecule has 0 saturated carbocycles. The number of esters is 1. The van der Waals surface area contributed by atoms with E-state index in [-0.39, 0.29) is 5.56 Å². The average Bonchev–Trinajstić information content (AvgIpc) is 2.24. The van der Waals surface area contributed by atoms with Crippen LogP contribution in [0.1, 0.15) is 17.2 Å². The molecule has 0 fully saturated rings. The first-order valence-corrected chi connectivity index (χ1v) is 4.19. The zero-order valence-corrected chi connectivity index (χ0v) is 8.25. The van der Waals surface area contributed by atoms with Crippen molar-refractivity contribution in [1.82, 2.24) is 0 Å². The fourth-order valence-electron chi connectivity index (χ4n) is 1.11. The Labute approximate surface area is 85.3 Å². The molecule has 0 aliphatic rings. The number of aliphatic hydroxyl groups is 1. The Bertz CT molecular complexity index is 390. The SMILES string of the molecule is COC(=O)C(O)c1ccc(C)c(F)c1F. The normalized spacial score (nSPS) is 12.3. The van der Waals surface area contributed by atoms with Crippen molar-refractivity contribution in [2.45, 2.75) is 13.0 Å². The van der Waals surface area contributed by atoms with Gasteiger partial charge in [0.25, 0.3) is 0 Å². The maximum absolute atomic E-state index is 13.3. The molecule has 82 valence electrons. The Morgan fingerprint density at radius 2 is 2.00 bits per heavy atom. The molecule has 1 rings (SSSR count). The molecule has 0 heterocycles. The van der Waals surface area contributed by atoms with Crippen molar-refractivity contribution in [3.63, 3.8) is 0 Å². The number of aryl methyl sites for hydroxylation is 1. The number of hydrogen-bond donors (Lipinski definition) is 1. The lowest BCUT2D eigenvalue weighted by molar-refractivity contribution is -0.150. The van der Waals surface area contributed by atoms with Gasteiger partial charge in [0, 0.05) is 5.56 Å². The van der Waals surface area contributed by atoms with Crippen LogP contribution < -0.4 is 0 Å². The molecular weight excluding hydrogens is 206 g/mol. The van der Waals surface area contributed by atoms with Crippen LogP contribution in [-0.2, 0) is 9.53 Å². The second kappa shape index (κ2) is 4.35. The third kappa shape index (κ3) is 2.12. The minimum atomic E-state index is -1.80. The van der Waals surface area contributed by atoms with Gasteiger partial charge in [-0.25, -0.2) is 13.6 Å². The van der Waals surface area contributed by atoms with E-state index in [1.807, 2.05) is 0 Å². The highest BCUT2D eigenvalue weighted by atomic mass is 19.2. The molecule has 0 aromatic heterocycles. The van der Waals surface area contributed by atoms with Crippen LogP contribution in [-0.4, -0.2) is 18.2 Å². The summed E-state index contributed by atoms with van der Waals surface area (Å²) in [7, 11) is 1.05. The lowest BCUT2D eigenvalue weighted by atomic mass is 10.1. The number of rotatable bonds is 2. The summed E-state index contributed by atoms with van der Waals surface area (Å²) in [6, 6.07) is 2.43. The molecule has 0 spiro atoms. The van der Waals surface area contributed by atoms with E-state index in [0.29, 0.717) is 0 Å². The van der Waals surface area contributed by atoms with E-state index in [4.69, 9.17) is 0 Å². The standard InChI is InChI=1S/C10H10F2O3/c1-5-3-4-6(8(12)7(5)11)9(13)10(14)15-2/h3-4,9,13H,1-2H3. The first-order chi connectivity index (χ1) is 6.99. The lowest BCUT2D eigenvalue weighted by Crippen LogP contribution is -2.15. The van der Waals surface area contributed by atoms with Gasteiger partial charge in [0.05, 0.1) is 7.11 Å². The fraction of sp³-hybridized carbons (Fsp3) is 0.300. The third-order valence-electron chi connectivity index (χ3n) is 2.02. The smallest absolute Gasteiger partial charge is 0.339 e. The summed E-state index contributed by atoms with van der Waals surface area (Å²) < 4.78 is 30.6. The van der Waals surface area contributed by atoms with Crippen LogP contribution in [0.5, 0.6) is 0 Å². The fourth-order valence-corrected chi connectivity index (χ4v) is 1.11. The van der Waals surface area contributed by atoms with Crippen molar-refractivity contribution in [3.05, 3.63) is 34.9 Å². The van der Waals surface area contributed by atoms with Crippen molar-refractivity contribution in [3.8, 4) is 0 Å². The number of halogens is 2. The van der Waals surface area contributed by atoms with Crippen molar-refractivity contribution in [2.75, 3.05) is 7.11 Å². The summed E-state index contributed by atoms with van der Waals surface area (Å²) in [6.07, 6.45) is -1.80. The van der Waals surface area contributed by atoms with Crippen molar-refractivity contribution in [1.29, 1.82) is 0 Å². The van der Waals surface area contributed by atoms with E-state index >= 15 is 0 Å². The Balaban J connectivity index is 3.16. The molecule has 1 aromatic carbocycles. The molecule has 1 N–H and O–H groups in total. The molecule has 15 heavy (non-hydrogen) atoms. The summed E-state index contributed by atoms with van der Waals surface area (Å²) in [5.74, 6) is -3.33. The highest BCUT2D eigenvalue weighted by Gasteiger charge is 2.24. The quantitative estimate of drug-likeness (QED) is 0.761. The van der Waals surface area contributed by atoms with E-state index < -0.39 is 29.3 Å². The maximum atomic E-state index is 13.3. The highest BCUT2D eigenvalue weighted by Crippen LogP contribution is 2.22. The summed E-state index contributed by atoms with van der Waals surface area (Å²) >= 11 is 0. The van der Waals surface area contributed by atoms with Crippen LogP contribution in [0, 0.1) is 18.6 Å². The van der Waals surface area contributed by atoms with E-state index in [0.717, 1.165) is 13.2 Å². The van der Waals surface area contributed by atoms with Gasteiger partial charge in [0.2, 0.25) is 0 Å². The zero-order chi connectivity index (χ0) is 11.6. The molecule has 0 aliphatic carbocycles. The van der Waals surface area contributed by atoms with Crippen LogP contribution >= 0.6 is 0 Å². The predicted molar refractivity (Wildman–Crippen MR) is 48.1 cm³/mol. The van der Waals surface area contributed by atoms with Crippen LogP contribution in [0.25, 0.3) is 0 Å². The maximum Gasteiger partial charge on any atom is 0.339 e. The van der Waals surface area contributed by atoms with E-state index in [1.165, 1.54) is 13.0 Å². The molecule has 5 heteroatoms. The number of methoxy groups -OCH3 is 1. The average molecular weight is 216 g/mol. The lowest BCUT2D eigenvalue weighted by Gasteiger charge is -2.10. The van der Waals surface area contributed by atoms with Gasteiger partial charge in [-0.2, -0.15) is 0 Å². The second-order valence-corrected chi connectivity index (χ2v) is 3.03. The van der Waals surface area contributed by atoms with Gasteiger partial charge in [0.1, 0.15) is 0 Å². The van der Waals surface area contributed by atoms with Gasteiger partial charge < -0.3 is 9.84 Å². The molecule has 0 bridgehead atoms. The summed E-state index contributed by atoms with van der Waals surface area (Å²) in [4.78, 5) is 10.9. The first kappa shape index (κ1) is 11.6. The Hall–Kier alpha value is -1.49. The first-order valence-electron chi connectivity index (χ1n) is 4.19. The predicted octanol–water partition coefficient (Wildman–Crippen LogP) is 1.48. The number of carbonyl (C=O) groups is 1. The van der Waals surface area contributed by atoms with Gasteiger partial charge in [-0.3, -0.25) is 0 Å². The number of benzene rings is 1. The van der Waals surface area contributed by atoms with E-state index in [1.54, 1.807) is 0 Å². The van der Waals surface area contributed by atoms with Gasteiger partial charge >= 0.3 is 5.97 Å². The van der Waals surface area contributed by atoms with E-state index in [9.17, 15) is 18.7 Å². The van der Waals surface area contributed by atoms with Crippen molar-refractivity contribution >= 4 is 5.97 Å². The summed E-state index contributed by atoms with van der Waals surface area (Å²) in [6.45, 7) is 1.38. The molecule has 0 saturated heterocycles. The van der Waals surface area contributed by atoms with Crippen LogP contribution in [0.3, 0.4) is 0 Å². The van der Waals surface area contributed by atoms with Gasteiger partial charge in [-0.05, 0) is 12.5 Å². The molecule has 1 unspecified atom stereocenters. The van der Waals surface area contributed by atoms with Crippen molar-refractivity contribution < 1.29 is 23.4 Å². The molecule has 0 radical (unpaired) electrons. The Morgan fingerprint density at radius 1 is 1.40 bits per heavy atom. The van der Waals surface area contributed by atoms with Crippen LogP contribution in [0.15, 0.2) is 12.1 Å². The summed E-state index contributed by atoms with van der Waals surface area (Å²) in [5, 5.41) is 9.30. The number of aliphatic hydroxyl groups excluding tert-OH is 1. The minimum absolute atomic E-state index is 0.105. The van der Waals surface area contributed by atoms with Crippen LogP contribution in [0.4, 0.5) is 8.78 Å². The molecule has 0 amide bonds. The van der Waals surface area contributed by atoms with Crippen LogP contribution in [0.2, 0.25) is 0 Å². The second-order valence-electron chi connectivity index (χ2n) is 3.03. The largest absolute Gasteiger partial charge is 0.467 e.